The van der Waals surface area contributed by atoms with Gasteiger partial charge in [0.2, 0.25) is 10.0 Å². The Balaban J connectivity index is 0.00000385. The second-order valence-electron chi connectivity index (χ2n) is 6.73. The number of rotatable bonds is 6. The molecule has 9 nitrogen and oxygen atoms in total. The van der Waals surface area contributed by atoms with Gasteiger partial charge in [-0.15, -0.1) is 0 Å². The average Bonchev–Trinajstić information content (AvgIpc) is 3.16. The summed E-state index contributed by atoms with van der Waals surface area (Å²) in [6.07, 6.45) is -1.17. The number of hydrogen-bond donors (Lipinski definition) is 2. The number of hydrogen-bond acceptors (Lipinski definition) is 6. The Bertz CT molecular complexity index is 1250. The quantitative estimate of drug-likeness (QED) is 0.512. The highest BCUT2D eigenvalue weighted by atomic mass is 35.5. The second-order valence-corrected chi connectivity index (χ2v) is 8.92. The van der Waals surface area contributed by atoms with Gasteiger partial charge in [0.1, 0.15) is 6.33 Å². The van der Waals surface area contributed by atoms with E-state index in [4.69, 9.17) is 11.6 Å². The first-order valence-electron chi connectivity index (χ1n) is 8.86. The number of nitrogens with one attached hydrogen (secondary N) is 2. The Labute approximate surface area is 198 Å². The molecule has 178 valence electrons. The third-order valence-corrected chi connectivity index (χ3v) is 4.89. The number of halogens is 4. The zero-order valence-corrected chi connectivity index (χ0v) is 19.6. The fourth-order valence-electron chi connectivity index (χ4n) is 2.74. The Morgan fingerprint density at radius 2 is 1.88 bits per heavy atom. The summed E-state index contributed by atoms with van der Waals surface area (Å²) in [5.41, 5.74) is -1.07. The lowest BCUT2D eigenvalue weighted by Crippen LogP contribution is -2.29. The van der Waals surface area contributed by atoms with Crippen LogP contribution in [0.25, 0.3) is 5.82 Å². The number of aromatic nitrogens is 4. The highest BCUT2D eigenvalue weighted by Crippen LogP contribution is 2.32. The van der Waals surface area contributed by atoms with Crippen molar-refractivity contribution in [1.82, 2.24) is 25.1 Å². The zero-order chi connectivity index (χ0) is 23.7. The summed E-state index contributed by atoms with van der Waals surface area (Å²) in [6, 6.07) is 4.72. The van der Waals surface area contributed by atoms with Crippen molar-refractivity contribution in [2.75, 3.05) is 11.0 Å². The van der Waals surface area contributed by atoms with E-state index in [1.54, 1.807) is 6.92 Å². The van der Waals surface area contributed by atoms with Crippen molar-refractivity contribution in [2.24, 2.45) is 0 Å². The SMILES string of the molecule is C[C@H](NC(=O)c1cc(Cl)cc(C(F)(F)F)c1)c1ncnn1-c1ccc(NS(C)(=O)=O)cn1.S. The van der Waals surface area contributed by atoms with Gasteiger partial charge in [-0.1, -0.05) is 11.6 Å². The Morgan fingerprint density at radius 1 is 1.18 bits per heavy atom. The monoisotopic (exact) mass is 522 g/mol. The van der Waals surface area contributed by atoms with Crippen molar-refractivity contribution in [3.63, 3.8) is 0 Å². The Morgan fingerprint density at radius 3 is 2.45 bits per heavy atom. The van der Waals surface area contributed by atoms with Crippen molar-refractivity contribution < 1.29 is 26.4 Å². The lowest BCUT2D eigenvalue weighted by atomic mass is 10.1. The standard InChI is InChI=1S/C18H16ClF3N6O3S.H2S/c1-10(26-17(29)11-5-12(18(20,21)22)7-13(19)6-11)16-24-9-25-28(16)15-4-3-14(8-23-15)27-32(2,30)31;/h3-10,27H,1-2H3,(H,26,29);1H2/t10-;/m0./s1. The van der Waals surface area contributed by atoms with Gasteiger partial charge in [-0.3, -0.25) is 9.52 Å². The van der Waals surface area contributed by atoms with Gasteiger partial charge >= 0.3 is 6.18 Å². The molecule has 0 fully saturated rings. The van der Waals surface area contributed by atoms with Crippen LogP contribution in [0.3, 0.4) is 0 Å². The van der Waals surface area contributed by atoms with E-state index in [1.165, 1.54) is 29.3 Å². The van der Waals surface area contributed by atoms with Gasteiger partial charge in [-0.25, -0.2) is 18.4 Å². The third-order valence-electron chi connectivity index (χ3n) is 4.06. The minimum absolute atomic E-state index is 0. The maximum absolute atomic E-state index is 13.0. The van der Waals surface area contributed by atoms with Crippen LogP contribution in [-0.4, -0.2) is 40.3 Å². The molecule has 0 aliphatic carbocycles. The number of anilines is 1. The van der Waals surface area contributed by atoms with E-state index >= 15 is 0 Å². The predicted octanol–water partition coefficient (Wildman–Crippen LogP) is 3.31. The molecule has 3 rings (SSSR count). The van der Waals surface area contributed by atoms with Crippen LogP contribution in [0.2, 0.25) is 5.02 Å². The smallest absolute Gasteiger partial charge is 0.342 e. The van der Waals surface area contributed by atoms with Crippen LogP contribution in [0.4, 0.5) is 18.9 Å². The minimum Gasteiger partial charge on any atom is -0.342 e. The Hall–Kier alpha value is -2.84. The molecule has 1 aromatic carbocycles. The van der Waals surface area contributed by atoms with Crippen LogP contribution in [0.5, 0.6) is 0 Å². The highest BCUT2D eigenvalue weighted by Gasteiger charge is 2.32. The third kappa shape index (κ3) is 6.82. The molecular weight excluding hydrogens is 505 g/mol. The lowest BCUT2D eigenvalue weighted by molar-refractivity contribution is -0.137. The molecule has 0 saturated heterocycles. The summed E-state index contributed by atoms with van der Waals surface area (Å²) < 4.78 is 65.2. The molecule has 2 aromatic heterocycles. The second kappa shape index (κ2) is 9.97. The fourth-order valence-corrected chi connectivity index (χ4v) is 3.52. The van der Waals surface area contributed by atoms with E-state index in [1.807, 2.05) is 0 Å². The normalized spacial score (nSPS) is 12.5. The summed E-state index contributed by atoms with van der Waals surface area (Å²) in [5, 5.41) is 6.36. The predicted molar refractivity (Wildman–Crippen MR) is 120 cm³/mol. The Kier molecular flexibility index (Phi) is 7.98. The molecule has 1 atom stereocenters. The molecule has 0 aliphatic heterocycles. The van der Waals surface area contributed by atoms with Gasteiger partial charge in [0.15, 0.2) is 11.6 Å². The summed E-state index contributed by atoms with van der Waals surface area (Å²) in [4.78, 5) is 20.7. The summed E-state index contributed by atoms with van der Waals surface area (Å²) in [7, 11) is -3.47. The van der Waals surface area contributed by atoms with Gasteiger partial charge in [0.05, 0.1) is 29.7 Å². The first kappa shape index (κ1) is 26.4. The van der Waals surface area contributed by atoms with Crippen molar-refractivity contribution in [3.8, 4) is 5.82 Å². The molecule has 0 saturated carbocycles. The van der Waals surface area contributed by atoms with Crippen molar-refractivity contribution in [3.05, 3.63) is 64.8 Å². The maximum atomic E-state index is 13.0. The van der Waals surface area contributed by atoms with E-state index in [0.717, 1.165) is 18.4 Å². The molecule has 1 amide bonds. The molecule has 0 radical (unpaired) electrons. The number of alkyl halides is 3. The number of carbonyl (C=O) groups excluding carboxylic acids is 1. The van der Waals surface area contributed by atoms with Crippen molar-refractivity contribution in [1.29, 1.82) is 0 Å². The van der Waals surface area contributed by atoms with E-state index < -0.39 is 33.7 Å². The summed E-state index contributed by atoms with van der Waals surface area (Å²) in [5.74, 6) is -0.270. The number of sulfonamides is 1. The number of pyridine rings is 1. The summed E-state index contributed by atoms with van der Waals surface area (Å²) >= 11 is 5.74. The molecule has 0 aliphatic rings. The highest BCUT2D eigenvalue weighted by molar-refractivity contribution is 7.92. The van der Waals surface area contributed by atoms with Crippen LogP contribution < -0.4 is 10.0 Å². The van der Waals surface area contributed by atoms with Crippen LogP contribution >= 0.6 is 25.1 Å². The molecule has 15 heteroatoms. The molecule has 33 heavy (non-hydrogen) atoms. The number of nitrogens with zero attached hydrogens (tertiary/aromatic N) is 4. The number of benzene rings is 1. The molecule has 2 N–H and O–H groups in total. The van der Waals surface area contributed by atoms with Crippen molar-refractivity contribution >= 4 is 46.7 Å². The van der Waals surface area contributed by atoms with Crippen LogP contribution in [0, 0.1) is 0 Å². The van der Waals surface area contributed by atoms with Gasteiger partial charge in [0.25, 0.3) is 5.91 Å². The molecule has 0 bridgehead atoms. The van der Waals surface area contributed by atoms with E-state index in [-0.39, 0.29) is 41.4 Å². The largest absolute Gasteiger partial charge is 0.416 e. The topological polar surface area (TPSA) is 119 Å². The van der Waals surface area contributed by atoms with E-state index in [9.17, 15) is 26.4 Å². The van der Waals surface area contributed by atoms with E-state index in [0.29, 0.717) is 6.07 Å². The lowest BCUT2D eigenvalue weighted by Gasteiger charge is -2.15. The number of amides is 1. The first-order chi connectivity index (χ1) is 14.8. The van der Waals surface area contributed by atoms with Gasteiger partial charge in [0, 0.05) is 10.6 Å². The maximum Gasteiger partial charge on any atom is 0.416 e. The molecular formula is C18H18ClF3N6O3S2. The molecule has 3 aromatic rings. The van der Waals surface area contributed by atoms with Gasteiger partial charge < -0.3 is 5.32 Å². The van der Waals surface area contributed by atoms with E-state index in [2.05, 4.69) is 25.1 Å². The zero-order valence-electron chi connectivity index (χ0n) is 17.1. The number of carbonyl (C=O) groups is 1. The molecule has 0 spiro atoms. The molecule has 0 unspecified atom stereocenters. The van der Waals surface area contributed by atoms with Crippen LogP contribution in [0.15, 0.2) is 42.9 Å². The van der Waals surface area contributed by atoms with Gasteiger partial charge in [-0.05, 0) is 37.3 Å². The van der Waals surface area contributed by atoms with Crippen molar-refractivity contribution in [2.45, 2.75) is 19.1 Å². The molecule has 2 heterocycles. The fraction of sp³-hybridized carbons (Fsp3) is 0.222. The first-order valence-corrected chi connectivity index (χ1v) is 11.1. The summed E-state index contributed by atoms with van der Waals surface area (Å²) in [6.45, 7) is 1.56. The van der Waals surface area contributed by atoms with Crippen LogP contribution in [-0.2, 0) is 16.2 Å². The van der Waals surface area contributed by atoms with Gasteiger partial charge in [-0.2, -0.15) is 36.4 Å². The van der Waals surface area contributed by atoms with Crippen LogP contribution in [0.1, 0.15) is 34.7 Å². The average molecular weight is 523 g/mol. The minimum atomic E-state index is -4.66.